The molecule has 1 aromatic carbocycles. The maximum atomic E-state index is 10.5. The van der Waals surface area contributed by atoms with E-state index >= 15 is 0 Å². The molecule has 3 nitrogen and oxygen atoms in total. The summed E-state index contributed by atoms with van der Waals surface area (Å²) in [5, 5.41) is 8.61. The lowest BCUT2D eigenvalue weighted by molar-refractivity contribution is -0.131. The summed E-state index contributed by atoms with van der Waals surface area (Å²) in [4.78, 5) is 13.1. The van der Waals surface area contributed by atoms with Crippen molar-refractivity contribution in [3.63, 3.8) is 0 Å². The van der Waals surface area contributed by atoms with E-state index in [1.807, 2.05) is 12.1 Å². The van der Waals surface area contributed by atoms with Crippen LogP contribution in [-0.2, 0) is 11.3 Å². The Morgan fingerprint density at radius 2 is 1.90 bits per heavy atom. The van der Waals surface area contributed by atoms with Crippen molar-refractivity contribution in [1.29, 1.82) is 0 Å². The van der Waals surface area contributed by atoms with Crippen LogP contribution < -0.4 is 0 Å². The maximum absolute atomic E-state index is 10.5. The van der Waals surface area contributed by atoms with Crippen molar-refractivity contribution in [2.45, 2.75) is 38.3 Å². The van der Waals surface area contributed by atoms with Crippen LogP contribution in [0.4, 0.5) is 0 Å². The fraction of sp³-hybridized carbons (Fsp3) is 0.471. The molecule has 1 N–H and O–H groups in total. The van der Waals surface area contributed by atoms with Gasteiger partial charge in [-0.3, -0.25) is 4.90 Å². The van der Waals surface area contributed by atoms with Gasteiger partial charge < -0.3 is 5.11 Å². The summed E-state index contributed by atoms with van der Waals surface area (Å²) in [6.45, 7) is 2.29. The van der Waals surface area contributed by atoms with E-state index in [0.717, 1.165) is 24.1 Å². The summed E-state index contributed by atoms with van der Waals surface area (Å²) in [5.74, 6) is 0.0341. The molecule has 0 radical (unpaired) electrons. The Morgan fingerprint density at radius 1 is 1.20 bits per heavy atom. The zero-order chi connectivity index (χ0) is 13.9. The highest BCUT2D eigenvalue weighted by molar-refractivity contribution is 5.85. The predicted molar refractivity (Wildman–Crippen MR) is 79.3 cm³/mol. The van der Waals surface area contributed by atoms with Gasteiger partial charge >= 0.3 is 5.97 Å². The Bertz CT molecular complexity index is 498. The van der Waals surface area contributed by atoms with Crippen molar-refractivity contribution >= 4 is 12.0 Å². The fourth-order valence-electron chi connectivity index (χ4n) is 2.55. The topological polar surface area (TPSA) is 40.5 Å². The third-order valence-electron chi connectivity index (χ3n) is 4.04. The summed E-state index contributed by atoms with van der Waals surface area (Å²) >= 11 is 0. The normalized spacial score (nSPS) is 18.9. The minimum atomic E-state index is -0.904. The second-order valence-corrected chi connectivity index (χ2v) is 6.02. The molecule has 0 aromatic heterocycles. The highest BCUT2D eigenvalue weighted by Gasteiger charge is 2.33. The van der Waals surface area contributed by atoms with Crippen LogP contribution >= 0.6 is 0 Å². The first-order valence-electron chi connectivity index (χ1n) is 7.45. The Labute approximate surface area is 119 Å². The van der Waals surface area contributed by atoms with Gasteiger partial charge in [0.25, 0.3) is 0 Å². The molecule has 106 valence electrons. The van der Waals surface area contributed by atoms with Gasteiger partial charge in [-0.1, -0.05) is 24.3 Å². The number of aliphatic carboxylic acids is 1. The highest BCUT2D eigenvalue weighted by Crippen LogP contribution is 2.35. The Kier molecular flexibility index (Phi) is 3.88. The first kappa shape index (κ1) is 13.4. The van der Waals surface area contributed by atoms with E-state index in [-0.39, 0.29) is 0 Å². The molecule has 0 unspecified atom stereocenters. The van der Waals surface area contributed by atoms with Crippen molar-refractivity contribution in [1.82, 2.24) is 4.90 Å². The average Bonchev–Trinajstić information content (AvgIpc) is 3.29. The molecular formula is C17H21NO2. The monoisotopic (exact) mass is 271 g/mol. The van der Waals surface area contributed by atoms with Crippen LogP contribution in [0.1, 0.15) is 36.8 Å². The lowest BCUT2D eigenvalue weighted by atomic mass is 10.1. The van der Waals surface area contributed by atoms with Crippen molar-refractivity contribution in [2.75, 3.05) is 6.54 Å². The lowest BCUT2D eigenvalue weighted by Crippen LogP contribution is -2.27. The van der Waals surface area contributed by atoms with Gasteiger partial charge in [-0.15, -0.1) is 0 Å². The number of carboxylic acids is 1. The standard InChI is InChI=1S/C17H21NO2/c19-17(20)10-7-13-1-3-14(4-2-13)11-18(16-8-9-16)12-15-5-6-15/h1-4,7,10,15-16H,5-6,8-9,11-12H2,(H,19,20). The molecule has 1 aromatic rings. The summed E-state index contributed by atoms with van der Waals surface area (Å²) in [7, 11) is 0. The van der Waals surface area contributed by atoms with E-state index in [0.29, 0.717) is 0 Å². The first-order valence-corrected chi connectivity index (χ1v) is 7.45. The molecule has 2 aliphatic carbocycles. The lowest BCUT2D eigenvalue weighted by Gasteiger charge is -2.22. The van der Waals surface area contributed by atoms with Crippen LogP contribution in [0.25, 0.3) is 6.08 Å². The summed E-state index contributed by atoms with van der Waals surface area (Å²) in [5.41, 5.74) is 2.27. The molecule has 0 atom stereocenters. The number of carbonyl (C=O) groups is 1. The van der Waals surface area contributed by atoms with Crippen LogP contribution in [-0.4, -0.2) is 28.6 Å². The number of carboxylic acid groups (broad SMARTS) is 1. The largest absolute Gasteiger partial charge is 0.478 e. The number of hydrogen-bond acceptors (Lipinski definition) is 2. The predicted octanol–water partition coefficient (Wildman–Crippen LogP) is 3.16. The molecule has 3 rings (SSSR count). The summed E-state index contributed by atoms with van der Waals surface area (Å²) in [6.07, 6.45) is 8.33. The van der Waals surface area contributed by atoms with Crippen molar-refractivity contribution < 1.29 is 9.90 Å². The molecule has 2 fully saturated rings. The molecule has 2 saturated carbocycles. The zero-order valence-electron chi connectivity index (χ0n) is 11.7. The maximum Gasteiger partial charge on any atom is 0.328 e. The molecule has 2 aliphatic rings. The molecule has 0 bridgehead atoms. The van der Waals surface area contributed by atoms with E-state index in [1.165, 1.54) is 43.9 Å². The van der Waals surface area contributed by atoms with E-state index in [4.69, 9.17) is 5.11 Å². The van der Waals surface area contributed by atoms with Crippen LogP contribution in [0.5, 0.6) is 0 Å². The van der Waals surface area contributed by atoms with Crippen LogP contribution in [0.3, 0.4) is 0 Å². The minimum Gasteiger partial charge on any atom is -0.478 e. The molecule has 0 spiro atoms. The minimum absolute atomic E-state index is 0.808. The molecule has 20 heavy (non-hydrogen) atoms. The highest BCUT2D eigenvalue weighted by atomic mass is 16.4. The van der Waals surface area contributed by atoms with E-state index in [9.17, 15) is 4.79 Å². The average molecular weight is 271 g/mol. The second-order valence-electron chi connectivity index (χ2n) is 6.02. The quantitative estimate of drug-likeness (QED) is 0.774. The van der Waals surface area contributed by atoms with Crippen LogP contribution in [0.15, 0.2) is 30.3 Å². The molecular weight excluding hydrogens is 250 g/mol. The summed E-state index contributed by atoms with van der Waals surface area (Å²) < 4.78 is 0. The van der Waals surface area contributed by atoms with Gasteiger partial charge in [0.2, 0.25) is 0 Å². The number of benzene rings is 1. The SMILES string of the molecule is O=C(O)C=Cc1ccc(CN(CC2CC2)C2CC2)cc1. The van der Waals surface area contributed by atoms with E-state index in [2.05, 4.69) is 17.0 Å². The van der Waals surface area contributed by atoms with Gasteiger partial charge in [0.05, 0.1) is 0 Å². The van der Waals surface area contributed by atoms with Gasteiger partial charge in [-0.2, -0.15) is 0 Å². The smallest absolute Gasteiger partial charge is 0.328 e. The fourth-order valence-corrected chi connectivity index (χ4v) is 2.55. The van der Waals surface area contributed by atoms with Gasteiger partial charge in [-0.05, 0) is 48.8 Å². The van der Waals surface area contributed by atoms with Crippen molar-refractivity contribution in [3.8, 4) is 0 Å². The van der Waals surface area contributed by atoms with Gasteiger partial charge in [0.15, 0.2) is 0 Å². The number of nitrogens with zero attached hydrogens (tertiary/aromatic N) is 1. The van der Waals surface area contributed by atoms with E-state index < -0.39 is 5.97 Å². The Hall–Kier alpha value is -1.61. The molecule has 0 aliphatic heterocycles. The van der Waals surface area contributed by atoms with Gasteiger partial charge in [0, 0.05) is 25.2 Å². The zero-order valence-corrected chi connectivity index (χ0v) is 11.7. The van der Waals surface area contributed by atoms with Crippen LogP contribution in [0.2, 0.25) is 0 Å². The van der Waals surface area contributed by atoms with Crippen molar-refractivity contribution in [3.05, 3.63) is 41.5 Å². The third kappa shape index (κ3) is 3.94. The van der Waals surface area contributed by atoms with Gasteiger partial charge in [0.1, 0.15) is 0 Å². The Morgan fingerprint density at radius 3 is 2.45 bits per heavy atom. The van der Waals surface area contributed by atoms with Crippen molar-refractivity contribution in [2.24, 2.45) is 5.92 Å². The van der Waals surface area contributed by atoms with E-state index in [1.54, 1.807) is 6.08 Å². The first-order chi connectivity index (χ1) is 9.70. The number of hydrogen-bond donors (Lipinski definition) is 1. The summed E-state index contributed by atoms with van der Waals surface area (Å²) in [6, 6.07) is 9.03. The Balaban J connectivity index is 1.59. The van der Waals surface area contributed by atoms with Crippen LogP contribution in [0, 0.1) is 5.92 Å². The molecule has 3 heteroatoms. The second kappa shape index (κ2) is 5.80. The molecule has 0 amide bonds. The molecule has 0 heterocycles. The number of rotatable bonds is 7. The third-order valence-corrected chi connectivity index (χ3v) is 4.04. The van der Waals surface area contributed by atoms with Gasteiger partial charge in [-0.25, -0.2) is 4.79 Å². The molecule has 0 saturated heterocycles.